The number of nitrogens with one attached hydrogen (secondary N) is 1. The lowest BCUT2D eigenvalue weighted by Gasteiger charge is -2.05. The summed E-state index contributed by atoms with van der Waals surface area (Å²) in [5.74, 6) is 0. The molecular weight excluding hydrogens is 213 g/mol. The van der Waals surface area contributed by atoms with E-state index < -0.39 is 7.12 Å². The van der Waals surface area contributed by atoms with Crippen molar-refractivity contribution >= 4 is 7.12 Å². The van der Waals surface area contributed by atoms with Crippen LogP contribution in [0.5, 0.6) is 0 Å². The first-order valence-electron chi connectivity index (χ1n) is 6.29. The van der Waals surface area contributed by atoms with Gasteiger partial charge in [0.25, 0.3) is 0 Å². The number of rotatable bonds is 2. The molecule has 0 saturated heterocycles. The van der Waals surface area contributed by atoms with E-state index in [4.69, 9.17) is 4.65 Å². The summed E-state index contributed by atoms with van der Waals surface area (Å²) in [7, 11) is -0.828. The molecule has 4 heteroatoms. The molecule has 1 aliphatic rings. The van der Waals surface area contributed by atoms with Crippen LogP contribution in [0.15, 0.2) is 36.0 Å². The zero-order valence-corrected chi connectivity index (χ0v) is 11.8. The Morgan fingerprint density at radius 2 is 1.94 bits per heavy atom. The van der Waals surface area contributed by atoms with Crippen molar-refractivity contribution in [2.24, 2.45) is 0 Å². The Balaban J connectivity index is 0. The van der Waals surface area contributed by atoms with Gasteiger partial charge in [-0.1, -0.05) is 52.5 Å². The van der Waals surface area contributed by atoms with Crippen LogP contribution in [0.1, 0.15) is 34.6 Å². The minimum absolute atomic E-state index is 0.518. The summed E-state index contributed by atoms with van der Waals surface area (Å²) in [6, 6.07) is 0. The molecule has 0 aromatic carbocycles. The fraction of sp³-hybridized carbons (Fsp3) is 0.538. The maximum Gasteiger partial charge on any atom is 0.492 e. The van der Waals surface area contributed by atoms with Gasteiger partial charge in [-0.2, -0.15) is 0 Å². The van der Waals surface area contributed by atoms with Gasteiger partial charge in [-0.25, -0.2) is 0 Å². The SMILES string of the molecule is C=C/C=C\C1=C(C)NCCOB1O.CC.CC. The predicted molar refractivity (Wildman–Crippen MR) is 76.7 cm³/mol. The van der Waals surface area contributed by atoms with Crippen molar-refractivity contribution in [3.05, 3.63) is 36.0 Å². The van der Waals surface area contributed by atoms with Crippen molar-refractivity contribution in [2.45, 2.75) is 34.6 Å². The van der Waals surface area contributed by atoms with Crippen LogP contribution in [-0.4, -0.2) is 25.3 Å². The first-order chi connectivity index (χ1) is 8.25. The molecule has 2 N–H and O–H groups in total. The highest BCUT2D eigenvalue weighted by Gasteiger charge is 2.21. The van der Waals surface area contributed by atoms with Crippen LogP contribution >= 0.6 is 0 Å². The average molecular weight is 239 g/mol. The molecule has 0 saturated carbocycles. The molecule has 0 amide bonds. The molecule has 0 aliphatic carbocycles. The van der Waals surface area contributed by atoms with E-state index in [1.54, 1.807) is 18.2 Å². The summed E-state index contributed by atoms with van der Waals surface area (Å²) in [6.07, 6.45) is 5.24. The topological polar surface area (TPSA) is 41.5 Å². The molecule has 0 aromatic heterocycles. The number of allylic oxidation sites excluding steroid dienone is 5. The first-order valence-corrected chi connectivity index (χ1v) is 6.29. The molecule has 0 spiro atoms. The van der Waals surface area contributed by atoms with Gasteiger partial charge in [-0.3, -0.25) is 0 Å². The summed E-state index contributed by atoms with van der Waals surface area (Å²) in [4.78, 5) is 0. The molecule has 0 atom stereocenters. The fourth-order valence-corrected chi connectivity index (χ4v) is 1.17. The van der Waals surface area contributed by atoms with Crippen molar-refractivity contribution in [1.29, 1.82) is 0 Å². The molecule has 0 fully saturated rings. The van der Waals surface area contributed by atoms with Crippen molar-refractivity contribution in [3.63, 3.8) is 0 Å². The molecule has 0 unspecified atom stereocenters. The van der Waals surface area contributed by atoms with Gasteiger partial charge in [-0.15, -0.1) is 0 Å². The third kappa shape index (κ3) is 7.83. The van der Waals surface area contributed by atoms with E-state index in [9.17, 15) is 5.02 Å². The second-order valence-electron chi connectivity index (χ2n) is 2.83. The maximum absolute atomic E-state index is 9.54. The quantitative estimate of drug-likeness (QED) is 0.575. The van der Waals surface area contributed by atoms with Gasteiger partial charge in [-0.05, 0) is 6.92 Å². The van der Waals surface area contributed by atoms with E-state index in [-0.39, 0.29) is 0 Å². The summed E-state index contributed by atoms with van der Waals surface area (Å²) in [5.41, 5.74) is 1.71. The molecule has 1 heterocycles. The molecule has 98 valence electrons. The van der Waals surface area contributed by atoms with E-state index in [0.717, 1.165) is 17.7 Å². The highest BCUT2D eigenvalue weighted by atomic mass is 16.5. The Hall–Kier alpha value is -0.995. The van der Waals surface area contributed by atoms with Gasteiger partial charge in [0.1, 0.15) is 0 Å². The largest absolute Gasteiger partial charge is 0.492 e. The molecule has 0 radical (unpaired) electrons. The Kier molecular flexibility index (Phi) is 14.1. The summed E-state index contributed by atoms with van der Waals surface area (Å²) >= 11 is 0. The van der Waals surface area contributed by atoms with Gasteiger partial charge < -0.3 is 15.0 Å². The highest BCUT2D eigenvalue weighted by molar-refractivity contribution is 6.53. The second-order valence-corrected chi connectivity index (χ2v) is 2.83. The normalized spacial score (nSPS) is 15.1. The monoisotopic (exact) mass is 239 g/mol. The third-order valence-electron chi connectivity index (χ3n) is 1.88. The van der Waals surface area contributed by atoms with Crippen LogP contribution in [0.25, 0.3) is 0 Å². The van der Waals surface area contributed by atoms with E-state index >= 15 is 0 Å². The lowest BCUT2D eigenvalue weighted by atomic mass is 9.77. The minimum Gasteiger partial charge on any atom is -0.423 e. The smallest absolute Gasteiger partial charge is 0.423 e. The van der Waals surface area contributed by atoms with Crippen LogP contribution in [0.4, 0.5) is 0 Å². The molecule has 3 nitrogen and oxygen atoms in total. The van der Waals surface area contributed by atoms with E-state index in [1.807, 2.05) is 34.6 Å². The highest BCUT2D eigenvalue weighted by Crippen LogP contribution is 2.10. The molecule has 1 aliphatic heterocycles. The maximum atomic E-state index is 9.54. The van der Waals surface area contributed by atoms with Crippen LogP contribution in [0.2, 0.25) is 0 Å². The second kappa shape index (κ2) is 13.1. The van der Waals surface area contributed by atoms with Crippen molar-refractivity contribution in [1.82, 2.24) is 5.32 Å². The fourth-order valence-electron chi connectivity index (χ4n) is 1.17. The van der Waals surface area contributed by atoms with Gasteiger partial charge in [0.2, 0.25) is 0 Å². The molecule has 0 bridgehead atoms. The van der Waals surface area contributed by atoms with Crippen LogP contribution in [0.3, 0.4) is 0 Å². The lowest BCUT2D eigenvalue weighted by Crippen LogP contribution is -2.20. The average Bonchev–Trinajstić information content (AvgIpc) is 2.54. The van der Waals surface area contributed by atoms with Crippen molar-refractivity contribution in [3.8, 4) is 0 Å². The summed E-state index contributed by atoms with van der Waals surface area (Å²) < 4.78 is 5.13. The van der Waals surface area contributed by atoms with Gasteiger partial charge in [0.15, 0.2) is 0 Å². The lowest BCUT2D eigenvalue weighted by molar-refractivity contribution is 0.274. The van der Waals surface area contributed by atoms with Crippen LogP contribution in [-0.2, 0) is 4.65 Å². The molecular formula is C13H26BNO2. The Morgan fingerprint density at radius 3 is 2.47 bits per heavy atom. The molecule has 17 heavy (non-hydrogen) atoms. The zero-order chi connectivity index (χ0) is 13.7. The Labute approximate surface area is 106 Å². The van der Waals surface area contributed by atoms with Crippen LogP contribution < -0.4 is 5.32 Å². The van der Waals surface area contributed by atoms with E-state index in [0.29, 0.717) is 6.61 Å². The summed E-state index contributed by atoms with van der Waals surface area (Å²) in [6.45, 7) is 14.7. The molecule has 1 rings (SSSR count). The predicted octanol–water partition coefficient (Wildman–Crippen LogP) is 2.69. The summed E-state index contributed by atoms with van der Waals surface area (Å²) in [5, 5.41) is 12.7. The van der Waals surface area contributed by atoms with Crippen molar-refractivity contribution < 1.29 is 9.68 Å². The standard InChI is InChI=1S/C9H14BNO2.2C2H6/c1-3-4-5-9-8(2)11-6-7-13-10(9)12;2*1-2/h3-5,11-12H,1,6-7H2,2H3;2*1-2H3/b5-4-;;. The van der Waals surface area contributed by atoms with Gasteiger partial charge in [0, 0.05) is 24.3 Å². The van der Waals surface area contributed by atoms with Crippen molar-refractivity contribution in [2.75, 3.05) is 13.2 Å². The van der Waals surface area contributed by atoms with Gasteiger partial charge in [0.05, 0.1) is 0 Å². The Morgan fingerprint density at radius 1 is 1.35 bits per heavy atom. The van der Waals surface area contributed by atoms with E-state index in [1.165, 1.54) is 0 Å². The third-order valence-corrected chi connectivity index (χ3v) is 1.88. The van der Waals surface area contributed by atoms with Crippen LogP contribution in [0, 0.1) is 0 Å². The number of hydrogen-bond donors (Lipinski definition) is 2. The number of hydrogen-bond acceptors (Lipinski definition) is 3. The first kappa shape index (κ1) is 18.4. The van der Waals surface area contributed by atoms with Gasteiger partial charge >= 0.3 is 7.12 Å². The van der Waals surface area contributed by atoms with E-state index in [2.05, 4.69) is 11.9 Å². The molecule has 0 aromatic rings. The zero-order valence-electron chi connectivity index (χ0n) is 11.8. The Bertz CT molecular complexity index is 250. The minimum atomic E-state index is -0.828.